The Labute approximate surface area is 171 Å². The Bertz CT molecular complexity index is 907. The molecule has 7 heteroatoms. The molecule has 0 atom stereocenters. The van der Waals surface area contributed by atoms with E-state index in [0.717, 1.165) is 22.4 Å². The van der Waals surface area contributed by atoms with E-state index in [1.165, 1.54) is 7.11 Å². The van der Waals surface area contributed by atoms with Crippen molar-refractivity contribution in [3.8, 4) is 5.75 Å². The van der Waals surface area contributed by atoms with Crippen molar-refractivity contribution in [3.63, 3.8) is 0 Å². The van der Waals surface area contributed by atoms with E-state index in [4.69, 9.17) is 14.4 Å². The molecule has 29 heavy (non-hydrogen) atoms. The van der Waals surface area contributed by atoms with Gasteiger partial charge in [-0.2, -0.15) is 0 Å². The minimum absolute atomic E-state index is 0.176. The Kier molecular flexibility index (Phi) is 8.21. The average molecular weight is 397 g/mol. The zero-order valence-electron chi connectivity index (χ0n) is 17.5. The largest absolute Gasteiger partial charge is 0.493 e. The highest BCUT2D eigenvalue weighted by Crippen LogP contribution is 2.20. The number of oxime groups is 2. The van der Waals surface area contributed by atoms with Crippen LogP contribution in [0.4, 0.5) is 0 Å². The normalized spacial score (nSPS) is 11.8. The van der Waals surface area contributed by atoms with Gasteiger partial charge in [-0.1, -0.05) is 40.6 Å². The number of nitrogens with one attached hydrogen (secondary N) is 1. The van der Waals surface area contributed by atoms with E-state index in [-0.39, 0.29) is 18.2 Å². The summed E-state index contributed by atoms with van der Waals surface area (Å²) in [6.07, 6.45) is 0. The lowest BCUT2D eigenvalue weighted by Crippen LogP contribution is -2.29. The summed E-state index contributed by atoms with van der Waals surface area (Å²) in [6.45, 7) is 6.48. The van der Waals surface area contributed by atoms with Crippen LogP contribution in [0.5, 0.6) is 5.75 Å². The van der Waals surface area contributed by atoms with Crippen molar-refractivity contribution in [2.45, 2.75) is 27.4 Å². The minimum atomic E-state index is -0.343. The second kappa shape index (κ2) is 10.8. The van der Waals surface area contributed by atoms with Gasteiger partial charge in [0.2, 0.25) is 0 Å². The Balaban J connectivity index is 2.28. The number of nitrogens with zero attached hydrogens (tertiary/aromatic N) is 2. The van der Waals surface area contributed by atoms with Crippen LogP contribution in [0.2, 0.25) is 0 Å². The topological polar surface area (TPSA) is 81.5 Å². The van der Waals surface area contributed by atoms with Crippen molar-refractivity contribution in [2.24, 2.45) is 10.3 Å². The number of hydrogen-bond donors (Lipinski definition) is 1. The predicted molar refractivity (Wildman–Crippen MR) is 113 cm³/mol. The fraction of sp³-hybridized carbons (Fsp3) is 0.318. The van der Waals surface area contributed by atoms with Crippen LogP contribution in [-0.2, 0) is 21.1 Å². The van der Waals surface area contributed by atoms with Gasteiger partial charge < -0.3 is 19.7 Å². The zero-order chi connectivity index (χ0) is 21.2. The lowest BCUT2D eigenvalue weighted by Gasteiger charge is -2.13. The minimum Gasteiger partial charge on any atom is -0.493 e. The van der Waals surface area contributed by atoms with E-state index in [1.807, 2.05) is 57.2 Å². The van der Waals surface area contributed by atoms with Crippen molar-refractivity contribution in [2.75, 3.05) is 20.8 Å². The summed E-state index contributed by atoms with van der Waals surface area (Å²) in [6, 6.07) is 13.3. The first kappa shape index (κ1) is 21.9. The Morgan fingerprint density at radius 1 is 1.07 bits per heavy atom. The molecule has 154 valence electrons. The van der Waals surface area contributed by atoms with Crippen LogP contribution in [0.3, 0.4) is 0 Å². The van der Waals surface area contributed by atoms with Crippen LogP contribution in [0.25, 0.3) is 0 Å². The van der Waals surface area contributed by atoms with Crippen LogP contribution < -0.4 is 10.1 Å². The lowest BCUT2D eigenvalue weighted by atomic mass is 9.98. The van der Waals surface area contributed by atoms with Gasteiger partial charge in [-0.05, 0) is 38.5 Å². The molecule has 0 heterocycles. The number of likely N-dealkylation sites (N-methyl/N-ethyl adjacent to an activating group) is 1. The third kappa shape index (κ3) is 5.57. The van der Waals surface area contributed by atoms with Crippen molar-refractivity contribution >= 4 is 17.3 Å². The highest BCUT2D eigenvalue weighted by molar-refractivity contribution is 6.45. The summed E-state index contributed by atoms with van der Waals surface area (Å²) in [4.78, 5) is 22.7. The summed E-state index contributed by atoms with van der Waals surface area (Å²) in [7, 11) is 2.95. The molecule has 0 bridgehead atoms. The molecule has 7 nitrogen and oxygen atoms in total. The third-order valence-electron chi connectivity index (χ3n) is 4.28. The summed E-state index contributed by atoms with van der Waals surface area (Å²) < 4.78 is 5.65. The standard InChI is InChI=1S/C22H27N3O4/c1-6-28-20-13-8-7-11-17(20)16(3)24-29-14-19-15(2)10-9-12-18(19)21(25-27-5)22(26)23-4/h7-13H,6,14H2,1-5H3,(H,23,26)/b24-16+,25-21+. The number of carbonyl (C=O) groups excluding carboxylic acids is 1. The van der Waals surface area contributed by atoms with E-state index in [2.05, 4.69) is 15.6 Å². The number of rotatable bonds is 9. The van der Waals surface area contributed by atoms with Crippen molar-refractivity contribution in [3.05, 3.63) is 64.7 Å². The molecular weight excluding hydrogens is 370 g/mol. The predicted octanol–water partition coefficient (Wildman–Crippen LogP) is 3.43. The molecule has 0 saturated heterocycles. The van der Waals surface area contributed by atoms with Gasteiger partial charge in [-0.3, -0.25) is 4.79 Å². The van der Waals surface area contributed by atoms with Gasteiger partial charge in [0.15, 0.2) is 5.71 Å². The summed E-state index contributed by atoms with van der Waals surface area (Å²) >= 11 is 0. The highest BCUT2D eigenvalue weighted by Gasteiger charge is 2.19. The van der Waals surface area contributed by atoms with Gasteiger partial charge >= 0.3 is 0 Å². The SMILES string of the molecule is CCOc1ccccc1/C(C)=N/OCc1c(C)cccc1/C(=N\OC)C(=O)NC. The van der Waals surface area contributed by atoms with Gasteiger partial charge in [-0.25, -0.2) is 0 Å². The average Bonchev–Trinajstić information content (AvgIpc) is 2.73. The van der Waals surface area contributed by atoms with Crippen molar-refractivity contribution in [1.82, 2.24) is 5.32 Å². The molecule has 0 spiro atoms. The monoisotopic (exact) mass is 397 g/mol. The number of ether oxygens (including phenoxy) is 1. The highest BCUT2D eigenvalue weighted by atomic mass is 16.6. The van der Waals surface area contributed by atoms with E-state index in [0.29, 0.717) is 17.9 Å². The molecule has 1 amide bonds. The van der Waals surface area contributed by atoms with E-state index >= 15 is 0 Å². The fourth-order valence-corrected chi connectivity index (χ4v) is 2.83. The maximum Gasteiger partial charge on any atom is 0.273 e. The second-order valence-electron chi connectivity index (χ2n) is 6.18. The summed E-state index contributed by atoms with van der Waals surface area (Å²) in [5.41, 5.74) is 4.14. The quantitative estimate of drug-likeness (QED) is 0.519. The number of para-hydroxylation sites is 1. The maximum absolute atomic E-state index is 12.2. The van der Waals surface area contributed by atoms with Crippen LogP contribution in [-0.4, -0.2) is 38.1 Å². The molecule has 0 saturated carbocycles. The molecule has 0 unspecified atom stereocenters. The van der Waals surface area contributed by atoms with Crippen molar-refractivity contribution in [1.29, 1.82) is 0 Å². The van der Waals surface area contributed by atoms with E-state index in [9.17, 15) is 4.79 Å². The first-order valence-corrected chi connectivity index (χ1v) is 9.34. The maximum atomic E-state index is 12.2. The molecule has 2 rings (SSSR count). The molecule has 2 aromatic carbocycles. The molecule has 0 fully saturated rings. The fourth-order valence-electron chi connectivity index (χ4n) is 2.83. The van der Waals surface area contributed by atoms with E-state index in [1.54, 1.807) is 13.1 Å². The molecule has 0 aliphatic heterocycles. The van der Waals surface area contributed by atoms with Gasteiger partial charge in [-0.15, -0.1) is 0 Å². The third-order valence-corrected chi connectivity index (χ3v) is 4.28. The van der Waals surface area contributed by atoms with Crippen LogP contribution >= 0.6 is 0 Å². The number of benzene rings is 2. The number of amides is 1. The first-order chi connectivity index (χ1) is 14.0. The molecule has 1 N–H and O–H groups in total. The Hall–Kier alpha value is -3.35. The van der Waals surface area contributed by atoms with Gasteiger partial charge in [0.25, 0.3) is 5.91 Å². The molecule has 2 aromatic rings. The second-order valence-corrected chi connectivity index (χ2v) is 6.18. The smallest absolute Gasteiger partial charge is 0.273 e. The molecule has 0 aliphatic rings. The Morgan fingerprint density at radius 3 is 2.48 bits per heavy atom. The molecule has 0 radical (unpaired) electrons. The molecule has 0 aliphatic carbocycles. The van der Waals surface area contributed by atoms with Gasteiger partial charge in [0.05, 0.1) is 12.3 Å². The number of carbonyl (C=O) groups is 1. The van der Waals surface area contributed by atoms with E-state index < -0.39 is 0 Å². The molecular formula is C22H27N3O4. The summed E-state index contributed by atoms with van der Waals surface area (Å²) in [5.74, 6) is 0.412. The number of aryl methyl sites for hydroxylation is 1. The number of hydrogen-bond acceptors (Lipinski definition) is 6. The zero-order valence-corrected chi connectivity index (χ0v) is 17.5. The first-order valence-electron chi connectivity index (χ1n) is 9.34. The van der Waals surface area contributed by atoms with Crippen LogP contribution in [0.1, 0.15) is 36.1 Å². The van der Waals surface area contributed by atoms with Gasteiger partial charge in [0, 0.05) is 23.7 Å². The van der Waals surface area contributed by atoms with Crippen LogP contribution in [0.15, 0.2) is 52.8 Å². The summed E-state index contributed by atoms with van der Waals surface area (Å²) in [5, 5.41) is 10.7. The van der Waals surface area contributed by atoms with Gasteiger partial charge in [0.1, 0.15) is 19.5 Å². The van der Waals surface area contributed by atoms with Crippen molar-refractivity contribution < 1.29 is 19.2 Å². The molecule has 0 aromatic heterocycles. The van der Waals surface area contributed by atoms with Crippen LogP contribution in [0, 0.1) is 6.92 Å². The lowest BCUT2D eigenvalue weighted by molar-refractivity contribution is -0.114. The Morgan fingerprint density at radius 2 is 1.79 bits per heavy atom.